The fraction of sp³-hybridized carbons (Fsp3) is 0.100. The average molecular weight is 446 g/mol. The van der Waals surface area contributed by atoms with Crippen molar-refractivity contribution in [3.8, 4) is 33.8 Å². The Balaban J connectivity index is 1.59. The smallest absolute Gasteiger partial charge is 0.416 e. The van der Waals surface area contributed by atoms with Crippen molar-refractivity contribution >= 4 is 28.9 Å². The molecule has 156 valence electrons. The van der Waals surface area contributed by atoms with Gasteiger partial charge in [0.1, 0.15) is 35.6 Å². The first-order chi connectivity index (χ1) is 15.7. The molecule has 0 radical (unpaired) electrons. The van der Waals surface area contributed by atoms with E-state index < -0.39 is 18.0 Å². The number of ether oxygens (including phenoxy) is 1. The number of anilines is 1. The second kappa shape index (κ2) is 6.17. The minimum absolute atomic E-state index is 0.147. The number of aromatic nitrogens is 7. The van der Waals surface area contributed by atoms with E-state index in [2.05, 4.69) is 25.3 Å². The Morgan fingerprint density at radius 3 is 3.06 bits per heavy atom. The van der Waals surface area contributed by atoms with Gasteiger partial charge in [0.05, 0.1) is 17.5 Å². The number of thiazole rings is 1. The van der Waals surface area contributed by atoms with E-state index in [-0.39, 0.29) is 12.2 Å². The summed E-state index contributed by atoms with van der Waals surface area (Å²) < 4.78 is 22.4. The van der Waals surface area contributed by atoms with E-state index in [0.29, 0.717) is 44.7 Å². The zero-order valence-electron chi connectivity index (χ0n) is 16.1. The van der Waals surface area contributed by atoms with Crippen LogP contribution in [-0.2, 0) is 4.74 Å². The van der Waals surface area contributed by atoms with Gasteiger partial charge in [-0.2, -0.15) is 10.2 Å². The summed E-state index contributed by atoms with van der Waals surface area (Å²) in [5, 5.41) is 13.4. The fourth-order valence-electron chi connectivity index (χ4n) is 4.15. The van der Waals surface area contributed by atoms with Crippen molar-refractivity contribution in [3.05, 3.63) is 53.1 Å². The predicted molar refractivity (Wildman–Crippen MR) is 111 cm³/mol. The van der Waals surface area contributed by atoms with E-state index in [1.165, 1.54) is 28.6 Å². The van der Waals surface area contributed by atoms with E-state index >= 15 is 4.39 Å². The molecular weight excluding hydrogens is 435 g/mol. The molecule has 6 bridgehead atoms. The number of H-pyrrole nitrogens is 1. The lowest BCUT2D eigenvalue weighted by molar-refractivity contribution is 0.179. The second-order valence-electron chi connectivity index (χ2n) is 7.36. The first-order valence-corrected chi connectivity index (χ1v) is 10.5. The zero-order chi connectivity index (χ0) is 21.4. The third-order valence-corrected chi connectivity index (χ3v) is 6.56. The van der Waals surface area contributed by atoms with Crippen LogP contribution in [0.5, 0.6) is 0 Å². The molecule has 1 unspecified atom stereocenters. The second-order valence-corrected chi connectivity index (χ2v) is 8.25. The molecule has 1 atom stereocenters. The molecule has 1 amide bonds. The van der Waals surface area contributed by atoms with Gasteiger partial charge in [-0.1, -0.05) is 0 Å². The first kappa shape index (κ1) is 17.5. The topological polar surface area (TPSA) is 114 Å². The SMILES string of the molecule is O=C1OCC2c3nc(cs3)-c3cc(cc(F)c3-c3ncn[nH]3)-c3cnn4ccc(nc34)N12. The van der Waals surface area contributed by atoms with Crippen LogP contribution in [0.15, 0.2) is 42.3 Å². The summed E-state index contributed by atoms with van der Waals surface area (Å²) in [4.78, 5) is 27.6. The fourth-order valence-corrected chi connectivity index (χ4v) is 5.04. The summed E-state index contributed by atoms with van der Waals surface area (Å²) in [7, 11) is 0. The van der Waals surface area contributed by atoms with Crippen molar-refractivity contribution < 1.29 is 13.9 Å². The molecule has 1 aromatic carbocycles. The molecule has 1 saturated heterocycles. The van der Waals surface area contributed by atoms with Gasteiger partial charge in [-0.15, -0.1) is 11.3 Å². The molecule has 1 fully saturated rings. The molecule has 1 N–H and O–H groups in total. The van der Waals surface area contributed by atoms with Gasteiger partial charge in [0.25, 0.3) is 0 Å². The molecule has 5 aromatic rings. The lowest BCUT2D eigenvalue weighted by Gasteiger charge is -2.19. The van der Waals surface area contributed by atoms with E-state index in [4.69, 9.17) is 9.72 Å². The Morgan fingerprint density at radius 2 is 2.19 bits per heavy atom. The number of fused-ring (bicyclic) bond motifs is 10. The lowest BCUT2D eigenvalue weighted by atomic mass is 9.97. The highest BCUT2D eigenvalue weighted by Gasteiger charge is 2.39. The van der Waals surface area contributed by atoms with E-state index in [9.17, 15) is 4.79 Å². The summed E-state index contributed by atoms with van der Waals surface area (Å²) >= 11 is 1.37. The number of carbonyl (C=O) groups is 1. The number of nitrogens with one attached hydrogen (secondary N) is 1. The van der Waals surface area contributed by atoms with Gasteiger partial charge in [0.15, 0.2) is 11.5 Å². The number of hydrogen-bond acceptors (Lipinski definition) is 8. The number of halogens is 1. The number of benzene rings is 1. The van der Waals surface area contributed by atoms with Crippen molar-refractivity contribution in [1.29, 1.82) is 0 Å². The number of rotatable bonds is 1. The lowest BCUT2D eigenvalue weighted by Crippen LogP contribution is -2.28. The van der Waals surface area contributed by atoms with Crippen LogP contribution in [0.2, 0.25) is 0 Å². The maximum atomic E-state index is 15.5. The molecule has 7 rings (SSSR count). The highest BCUT2D eigenvalue weighted by atomic mass is 32.1. The summed E-state index contributed by atoms with van der Waals surface area (Å²) in [6.07, 6.45) is 4.17. The first-order valence-electron chi connectivity index (χ1n) is 9.63. The van der Waals surface area contributed by atoms with Crippen LogP contribution in [0.25, 0.3) is 39.4 Å². The number of cyclic esters (lactones) is 1. The van der Waals surface area contributed by atoms with Crippen LogP contribution in [0.4, 0.5) is 15.0 Å². The van der Waals surface area contributed by atoms with Crippen molar-refractivity contribution in [2.45, 2.75) is 6.04 Å². The van der Waals surface area contributed by atoms with Crippen LogP contribution in [0.1, 0.15) is 11.0 Å². The molecule has 0 saturated carbocycles. The van der Waals surface area contributed by atoms with Gasteiger partial charge in [-0.3, -0.25) is 5.10 Å². The highest BCUT2D eigenvalue weighted by molar-refractivity contribution is 7.10. The van der Waals surface area contributed by atoms with Crippen LogP contribution in [0, 0.1) is 5.82 Å². The number of hydrogen-bond donors (Lipinski definition) is 1. The third-order valence-electron chi connectivity index (χ3n) is 5.61. The summed E-state index contributed by atoms with van der Waals surface area (Å²) in [6, 6.07) is 4.52. The largest absolute Gasteiger partial charge is 0.446 e. The van der Waals surface area contributed by atoms with Crippen molar-refractivity contribution in [2.75, 3.05) is 11.5 Å². The molecule has 6 heterocycles. The number of amides is 1. The van der Waals surface area contributed by atoms with E-state index in [0.717, 1.165) is 0 Å². The Morgan fingerprint density at radius 1 is 1.25 bits per heavy atom. The van der Waals surface area contributed by atoms with Crippen LogP contribution < -0.4 is 4.90 Å². The normalized spacial score (nSPS) is 16.7. The van der Waals surface area contributed by atoms with Gasteiger partial charge in [0, 0.05) is 22.7 Å². The Bertz CT molecular complexity index is 1540. The molecule has 12 heteroatoms. The number of aromatic amines is 1. The monoisotopic (exact) mass is 446 g/mol. The summed E-state index contributed by atoms with van der Waals surface area (Å²) in [5.74, 6) is 0.243. The molecule has 2 aliphatic rings. The maximum absolute atomic E-state index is 15.5. The molecule has 2 aliphatic heterocycles. The van der Waals surface area contributed by atoms with Crippen LogP contribution >= 0.6 is 11.3 Å². The predicted octanol–water partition coefficient (Wildman–Crippen LogP) is 3.46. The quantitative estimate of drug-likeness (QED) is 0.419. The minimum Gasteiger partial charge on any atom is -0.446 e. The maximum Gasteiger partial charge on any atom is 0.416 e. The third kappa shape index (κ3) is 2.32. The van der Waals surface area contributed by atoms with Gasteiger partial charge < -0.3 is 4.74 Å². The van der Waals surface area contributed by atoms with Crippen LogP contribution in [-0.4, -0.2) is 47.5 Å². The molecule has 32 heavy (non-hydrogen) atoms. The summed E-state index contributed by atoms with van der Waals surface area (Å²) in [5.41, 5.74) is 3.08. The minimum atomic E-state index is -0.492. The van der Waals surface area contributed by atoms with Crippen LogP contribution in [0.3, 0.4) is 0 Å². The molecule has 4 aromatic heterocycles. The molecular formula is C20H11FN8O2S. The Kier molecular flexibility index (Phi) is 3.37. The Hall–Kier alpha value is -4.19. The van der Waals surface area contributed by atoms with Crippen molar-refractivity contribution in [3.63, 3.8) is 0 Å². The van der Waals surface area contributed by atoms with Gasteiger partial charge >= 0.3 is 6.09 Å². The average Bonchev–Trinajstić information content (AvgIpc) is 3.57. The Labute approximate surface area is 182 Å². The van der Waals surface area contributed by atoms with Gasteiger partial charge in [-0.25, -0.2) is 33.6 Å². The molecule has 10 nitrogen and oxygen atoms in total. The van der Waals surface area contributed by atoms with Gasteiger partial charge in [-0.05, 0) is 23.8 Å². The van der Waals surface area contributed by atoms with Crippen molar-refractivity contribution in [2.24, 2.45) is 0 Å². The van der Waals surface area contributed by atoms with Gasteiger partial charge in [0.2, 0.25) is 0 Å². The zero-order valence-corrected chi connectivity index (χ0v) is 16.9. The number of carbonyl (C=O) groups excluding carboxylic acids is 1. The highest BCUT2D eigenvalue weighted by Crippen LogP contribution is 2.41. The standard InChI is InChI=1S/C20H11FN8O2S/c21-12-4-9-3-10(16(12)17-22-8-23-27-17)13-7-32-19(25-13)14-6-31-20(30)29(14)15-1-2-28-18(26-15)11(9)5-24-28/h1-5,7-8,14H,6H2,(H,22,23,27). The summed E-state index contributed by atoms with van der Waals surface area (Å²) in [6.45, 7) is 0.147. The van der Waals surface area contributed by atoms with Crippen molar-refractivity contribution in [1.82, 2.24) is 34.8 Å². The van der Waals surface area contributed by atoms with E-state index in [1.54, 1.807) is 23.0 Å². The molecule has 0 spiro atoms. The molecule has 0 aliphatic carbocycles. The number of nitrogens with zero attached hydrogens (tertiary/aromatic N) is 7. The van der Waals surface area contributed by atoms with E-state index in [1.807, 2.05) is 11.4 Å².